The molecule has 28 heavy (non-hydrogen) atoms. The molecule has 9 nitrogen and oxygen atoms in total. The zero-order chi connectivity index (χ0) is 20.4. The predicted octanol–water partition coefficient (Wildman–Crippen LogP) is 3.68. The van der Waals surface area contributed by atoms with Gasteiger partial charge in [-0.15, -0.1) is 0 Å². The van der Waals surface area contributed by atoms with Crippen molar-refractivity contribution >= 4 is 40.6 Å². The summed E-state index contributed by atoms with van der Waals surface area (Å²) in [5.41, 5.74) is 0.00200. The molecule has 2 heterocycles. The van der Waals surface area contributed by atoms with Crippen LogP contribution in [0.15, 0.2) is 36.8 Å². The van der Waals surface area contributed by atoms with E-state index in [1.165, 1.54) is 29.9 Å². The summed E-state index contributed by atoms with van der Waals surface area (Å²) in [6, 6.07) is 3.47. The topological polar surface area (TPSA) is 108 Å². The fourth-order valence-electron chi connectivity index (χ4n) is 2.38. The van der Waals surface area contributed by atoms with Gasteiger partial charge in [0.15, 0.2) is 5.82 Å². The molecule has 0 saturated carbocycles. The van der Waals surface area contributed by atoms with Crippen molar-refractivity contribution in [1.82, 2.24) is 19.6 Å². The van der Waals surface area contributed by atoms with E-state index in [0.717, 1.165) is 17.1 Å². The van der Waals surface area contributed by atoms with Crippen molar-refractivity contribution in [2.75, 3.05) is 5.32 Å². The molecule has 1 aromatic carbocycles. The summed E-state index contributed by atoms with van der Waals surface area (Å²) in [5, 5.41) is 21.6. The summed E-state index contributed by atoms with van der Waals surface area (Å²) < 4.78 is 16.4. The normalized spacial score (nSPS) is 12.0. The summed E-state index contributed by atoms with van der Waals surface area (Å²) in [7, 11) is 0. The van der Waals surface area contributed by atoms with Gasteiger partial charge in [0.05, 0.1) is 11.5 Å². The predicted molar refractivity (Wildman–Crippen MR) is 100.0 cm³/mol. The fraction of sp³-hybridized carbons (Fsp3) is 0.188. The maximum Gasteiger partial charge on any atom is 0.307 e. The van der Waals surface area contributed by atoms with Gasteiger partial charge >= 0.3 is 5.69 Å². The average Bonchev–Trinajstić information content (AvgIpc) is 3.25. The van der Waals surface area contributed by atoms with Gasteiger partial charge in [-0.3, -0.25) is 24.3 Å². The first-order valence-electron chi connectivity index (χ1n) is 7.91. The van der Waals surface area contributed by atoms with Gasteiger partial charge in [-0.1, -0.05) is 29.3 Å². The van der Waals surface area contributed by atoms with Crippen LogP contribution >= 0.6 is 23.2 Å². The number of aromatic nitrogens is 4. The molecule has 1 unspecified atom stereocenters. The van der Waals surface area contributed by atoms with Crippen molar-refractivity contribution in [3.63, 3.8) is 0 Å². The molecule has 1 amide bonds. The van der Waals surface area contributed by atoms with Crippen LogP contribution in [0, 0.1) is 15.9 Å². The Morgan fingerprint density at radius 3 is 2.75 bits per heavy atom. The number of anilines is 1. The molecule has 2 aromatic heterocycles. The number of nitro groups is 1. The first-order valence-corrected chi connectivity index (χ1v) is 8.67. The van der Waals surface area contributed by atoms with Crippen molar-refractivity contribution in [1.29, 1.82) is 0 Å². The molecule has 0 saturated heterocycles. The van der Waals surface area contributed by atoms with E-state index in [0.29, 0.717) is 0 Å². The number of hydrogen-bond acceptors (Lipinski definition) is 5. The molecular formula is C16H13Cl2FN6O3. The minimum Gasteiger partial charge on any atom is -0.306 e. The third kappa shape index (κ3) is 4.12. The molecule has 1 N–H and O–H groups in total. The van der Waals surface area contributed by atoms with E-state index < -0.39 is 22.7 Å². The first kappa shape index (κ1) is 19.8. The standard InChI is InChI=1S/C16H13Cl2FN6O3/c1-9(24-6-10(5-20-24)25(27)28)16(26)21-15-13(18)8-23(22-15)7-11-12(17)3-2-4-14(11)19/h2-6,8-9H,7H2,1H3,(H,21,22,26). The Hall–Kier alpha value is -2.98. The Labute approximate surface area is 167 Å². The number of rotatable bonds is 6. The largest absolute Gasteiger partial charge is 0.307 e. The number of hydrogen-bond donors (Lipinski definition) is 1. The second-order valence-corrected chi connectivity index (χ2v) is 6.64. The molecule has 146 valence electrons. The number of nitrogens with zero attached hydrogens (tertiary/aromatic N) is 5. The Balaban J connectivity index is 1.74. The van der Waals surface area contributed by atoms with Crippen molar-refractivity contribution in [3.05, 3.63) is 68.3 Å². The minimum absolute atomic E-state index is 0.0159. The van der Waals surface area contributed by atoms with Gasteiger partial charge in [-0.2, -0.15) is 10.2 Å². The first-order chi connectivity index (χ1) is 13.3. The summed E-state index contributed by atoms with van der Waals surface area (Å²) in [6.07, 6.45) is 3.61. The van der Waals surface area contributed by atoms with Gasteiger partial charge in [0, 0.05) is 16.8 Å². The highest BCUT2D eigenvalue weighted by Gasteiger charge is 2.21. The molecule has 0 bridgehead atoms. The highest BCUT2D eigenvalue weighted by Crippen LogP contribution is 2.24. The van der Waals surface area contributed by atoms with Gasteiger partial charge in [0.2, 0.25) is 5.91 Å². The molecule has 12 heteroatoms. The molecule has 0 fully saturated rings. The van der Waals surface area contributed by atoms with E-state index in [1.807, 2.05) is 0 Å². The van der Waals surface area contributed by atoms with E-state index >= 15 is 0 Å². The van der Waals surface area contributed by atoms with Crippen LogP contribution in [-0.2, 0) is 11.3 Å². The van der Waals surface area contributed by atoms with Crippen LogP contribution in [0.2, 0.25) is 10.0 Å². The molecule has 3 rings (SSSR count). The van der Waals surface area contributed by atoms with E-state index in [2.05, 4.69) is 15.5 Å². The average molecular weight is 427 g/mol. The van der Waals surface area contributed by atoms with Crippen LogP contribution in [0.5, 0.6) is 0 Å². The molecule has 1 atom stereocenters. The molecule has 0 radical (unpaired) electrons. The van der Waals surface area contributed by atoms with Crippen LogP contribution < -0.4 is 5.32 Å². The second-order valence-electron chi connectivity index (χ2n) is 5.82. The monoisotopic (exact) mass is 426 g/mol. The molecule has 3 aromatic rings. The minimum atomic E-state index is -0.851. The third-order valence-electron chi connectivity index (χ3n) is 3.92. The molecule has 0 aliphatic carbocycles. The van der Waals surface area contributed by atoms with Crippen molar-refractivity contribution in [3.8, 4) is 0 Å². The molecule has 0 spiro atoms. The van der Waals surface area contributed by atoms with Crippen LogP contribution in [0.3, 0.4) is 0 Å². The summed E-state index contributed by atoms with van der Waals surface area (Å²) in [5.74, 6) is -0.958. The van der Waals surface area contributed by atoms with E-state index in [1.54, 1.807) is 6.07 Å². The van der Waals surface area contributed by atoms with Gasteiger partial charge < -0.3 is 5.32 Å². The molecule has 0 aliphatic heterocycles. The quantitative estimate of drug-likeness (QED) is 0.477. The lowest BCUT2D eigenvalue weighted by atomic mass is 10.2. The SMILES string of the molecule is CC(C(=O)Nc1nn(Cc2c(F)cccc2Cl)cc1Cl)n1cc([N+](=O)[O-])cn1. The second kappa shape index (κ2) is 7.95. The number of benzene rings is 1. The van der Waals surface area contributed by atoms with Gasteiger partial charge in [-0.05, 0) is 19.1 Å². The van der Waals surface area contributed by atoms with Crippen LogP contribution in [-0.4, -0.2) is 30.4 Å². The van der Waals surface area contributed by atoms with Crippen molar-refractivity contribution < 1.29 is 14.1 Å². The lowest BCUT2D eigenvalue weighted by molar-refractivity contribution is -0.385. The Kier molecular flexibility index (Phi) is 5.61. The van der Waals surface area contributed by atoms with Gasteiger partial charge in [0.25, 0.3) is 0 Å². The highest BCUT2D eigenvalue weighted by molar-refractivity contribution is 6.33. The van der Waals surface area contributed by atoms with Crippen LogP contribution in [0.1, 0.15) is 18.5 Å². The lowest BCUT2D eigenvalue weighted by Gasteiger charge is -2.11. The van der Waals surface area contributed by atoms with Crippen molar-refractivity contribution in [2.45, 2.75) is 19.5 Å². The summed E-state index contributed by atoms with van der Waals surface area (Å²) in [4.78, 5) is 22.5. The number of amides is 1. The highest BCUT2D eigenvalue weighted by atomic mass is 35.5. The molecular weight excluding hydrogens is 414 g/mol. The Bertz CT molecular complexity index is 1030. The fourth-order valence-corrected chi connectivity index (χ4v) is 2.80. The van der Waals surface area contributed by atoms with Crippen LogP contribution in [0.4, 0.5) is 15.9 Å². The lowest BCUT2D eigenvalue weighted by Crippen LogP contribution is -2.24. The maximum atomic E-state index is 13.9. The van der Waals surface area contributed by atoms with Crippen LogP contribution in [0.25, 0.3) is 0 Å². The number of nitrogens with one attached hydrogen (secondary N) is 1. The van der Waals surface area contributed by atoms with E-state index in [-0.39, 0.29) is 33.7 Å². The van der Waals surface area contributed by atoms with E-state index in [9.17, 15) is 19.3 Å². The maximum absolute atomic E-state index is 13.9. The summed E-state index contributed by atoms with van der Waals surface area (Å²) in [6.45, 7) is 1.53. The number of carbonyl (C=O) groups is 1. The van der Waals surface area contributed by atoms with Gasteiger partial charge in [0.1, 0.15) is 29.3 Å². The zero-order valence-electron chi connectivity index (χ0n) is 14.3. The zero-order valence-corrected chi connectivity index (χ0v) is 15.9. The number of halogens is 3. The smallest absolute Gasteiger partial charge is 0.306 e. The van der Waals surface area contributed by atoms with E-state index in [4.69, 9.17) is 23.2 Å². The van der Waals surface area contributed by atoms with Gasteiger partial charge in [-0.25, -0.2) is 4.39 Å². The number of carbonyl (C=O) groups excluding carboxylic acids is 1. The third-order valence-corrected chi connectivity index (χ3v) is 4.55. The summed E-state index contributed by atoms with van der Waals surface area (Å²) >= 11 is 12.1. The Morgan fingerprint density at radius 2 is 2.11 bits per heavy atom. The Morgan fingerprint density at radius 1 is 1.36 bits per heavy atom. The van der Waals surface area contributed by atoms with Crippen molar-refractivity contribution in [2.24, 2.45) is 0 Å². The molecule has 0 aliphatic rings.